The van der Waals surface area contributed by atoms with Crippen molar-refractivity contribution in [3.8, 4) is 0 Å². The van der Waals surface area contributed by atoms with E-state index in [-0.39, 0.29) is 16.9 Å². The summed E-state index contributed by atoms with van der Waals surface area (Å²) < 4.78 is 14.0. The van der Waals surface area contributed by atoms with E-state index in [0.29, 0.717) is 23.7 Å². The van der Waals surface area contributed by atoms with Gasteiger partial charge in [-0.1, -0.05) is 35.3 Å². The third-order valence-corrected chi connectivity index (χ3v) is 4.72. The lowest BCUT2D eigenvalue weighted by Gasteiger charge is -2.22. The Balaban J connectivity index is 2.02. The van der Waals surface area contributed by atoms with Gasteiger partial charge in [-0.2, -0.15) is 0 Å². The Morgan fingerprint density at radius 1 is 1.17 bits per heavy atom. The maximum Gasteiger partial charge on any atom is 0.211 e. The first kappa shape index (κ1) is 16.2. The van der Waals surface area contributed by atoms with E-state index in [9.17, 15) is 9.18 Å². The molecule has 0 bridgehead atoms. The van der Waals surface area contributed by atoms with Crippen molar-refractivity contribution in [3.05, 3.63) is 63.4 Å². The summed E-state index contributed by atoms with van der Waals surface area (Å²) in [6, 6.07) is 10.5. The van der Waals surface area contributed by atoms with Crippen molar-refractivity contribution in [1.82, 2.24) is 5.32 Å². The van der Waals surface area contributed by atoms with E-state index in [0.717, 1.165) is 17.7 Å². The highest BCUT2D eigenvalue weighted by molar-refractivity contribution is 6.31. The van der Waals surface area contributed by atoms with Crippen molar-refractivity contribution in [2.24, 2.45) is 0 Å². The van der Waals surface area contributed by atoms with Crippen molar-refractivity contribution in [3.63, 3.8) is 0 Å². The van der Waals surface area contributed by atoms with Gasteiger partial charge < -0.3 is 10.6 Å². The lowest BCUT2D eigenvalue weighted by atomic mass is 9.83. The quantitative estimate of drug-likeness (QED) is 0.810. The summed E-state index contributed by atoms with van der Waals surface area (Å²) in [5.41, 5.74) is 2.35. The molecule has 2 aromatic carbocycles. The van der Waals surface area contributed by atoms with E-state index in [1.165, 1.54) is 12.1 Å². The fraction of sp³-hybridized carbons (Fsp3) is 0.235. The Hall–Kier alpha value is -1.62. The lowest BCUT2D eigenvalue weighted by molar-refractivity contribution is -0.105. The molecular formula is C17H15Cl2FN2O. The second kappa shape index (κ2) is 6.87. The summed E-state index contributed by atoms with van der Waals surface area (Å²) in [5, 5.41) is 6.60. The third kappa shape index (κ3) is 3.34. The van der Waals surface area contributed by atoms with Crippen LogP contribution in [0.25, 0.3) is 0 Å². The SMILES string of the molecule is O=CNc1cc(Cl)c(F)cc1[C@@H]1CNCC1c1cccc(Cl)c1. The van der Waals surface area contributed by atoms with Crippen LogP contribution in [0, 0.1) is 5.82 Å². The van der Waals surface area contributed by atoms with Crippen LogP contribution in [0.4, 0.5) is 10.1 Å². The number of amides is 1. The predicted molar refractivity (Wildman–Crippen MR) is 90.9 cm³/mol. The molecule has 0 aromatic heterocycles. The van der Waals surface area contributed by atoms with Crippen LogP contribution in [-0.4, -0.2) is 19.5 Å². The number of benzene rings is 2. The van der Waals surface area contributed by atoms with Gasteiger partial charge in [0.2, 0.25) is 6.41 Å². The van der Waals surface area contributed by atoms with Gasteiger partial charge in [0.25, 0.3) is 0 Å². The van der Waals surface area contributed by atoms with Gasteiger partial charge in [-0.25, -0.2) is 4.39 Å². The van der Waals surface area contributed by atoms with E-state index in [4.69, 9.17) is 23.2 Å². The molecular weight excluding hydrogens is 338 g/mol. The van der Waals surface area contributed by atoms with Gasteiger partial charge in [0.1, 0.15) is 5.82 Å². The summed E-state index contributed by atoms with van der Waals surface area (Å²) in [6.45, 7) is 1.45. The van der Waals surface area contributed by atoms with Crippen molar-refractivity contribution in [2.75, 3.05) is 18.4 Å². The van der Waals surface area contributed by atoms with Gasteiger partial charge in [0.05, 0.1) is 5.02 Å². The highest BCUT2D eigenvalue weighted by Crippen LogP contribution is 2.40. The largest absolute Gasteiger partial charge is 0.328 e. The number of nitrogens with one attached hydrogen (secondary N) is 2. The molecule has 0 spiro atoms. The van der Waals surface area contributed by atoms with Crippen LogP contribution in [0.1, 0.15) is 23.0 Å². The minimum absolute atomic E-state index is 0.0108. The fourth-order valence-corrected chi connectivity index (χ4v) is 3.51. The first-order chi connectivity index (χ1) is 11.1. The predicted octanol–water partition coefficient (Wildman–Crippen LogP) is 4.17. The molecule has 6 heteroatoms. The molecule has 0 radical (unpaired) electrons. The Kier molecular flexibility index (Phi) is 4.85. The van der Waals surface area contributed by atoms with Gasteiger partial charge in [0, 0.05) is 35.6 Å². The Morgan fingerprint density at radius 2 is 1.96 bits per heavy atom. The first-order valence-electron chi connectivity index (χ1n) is 7.25. The maximum absolute atomic E-state index is 14.0. The topological polar surface area (TPSA) is 41.1 Å². The zero-order chi connectivity index (χ0) is 16.4. The summed E-state index contributed by atoms with van der Waals surface area (Å²) in [6.07, 6.45) is 0.573. The standard InChI is InChI=1S/C17H15Cl2FN2O/c18-11-3-1-2-10(4-11)13-7-21-8-14(13)12-5-16(20)15(19)6-17(12)22-9-23/h1-6,9,13-14,21H,7-8H2,(H,22,23)/t13?,14-/m0/s1. The Bertz CT molecular complexity index is 739. The molecule has 23 heavy (non-hydrogen) atoms. The number of carbonyl (C=O) groups is 1. The van der Waals surface area contributed by atoms with Gasteiger partial charge >= 0.3 is 0 Å². The minimum Gasteiger partial charge on any atom is -0.328 e. The number of halogens is 3. The zero-order valence-electron chi connectivity index (χ0n) is 12.2. The third-order valence-electron chi connectivity index (χ3n) is 4.20. The molecule has 3 rings (SSSR count). The van der Waals surface area contributed by atoms with Crippen LogP contribution in [-0.2, 0) is 4.79 Å². The van der Waals surface area contributed by atoms with E-state index < -0.39 is 5.82 Å². The van der Waals surface area contributed by atoms with Crippen LogP contribution in [0.3, 0.4) is 0 Å². The number of anilines is 1. The molecule has 1 amide bonds. The molecule has 120 valence electrons. The summed E-state index contributed by atoms with van der Waals surface area (Å²) in [5.74, 6) is -0.334. The molecule has 1 aliphatic rings. The van der Waals surface area contributed by atoms with E-state index in [1.807, 2.05) is 24.3 Å². The summed E-state index contributed by atoms with van der Waals surface area (Å²) >= 11 is 11.9. The molecule has 0 aliphatic carbocycles. The summed E-state index contributed by atoms with van der Waals surface area (Å²) in [7, 11) is 0. The normalized spacial score (nSPS) is 20.5. The van der Waals surface area contributed by atoms with Gasteiger partial charge in [-0.15, -0.1) is 0 Å². The average molecular weight is 353 g/mol. The minimum atomic E-state index is -0.491. The number of rotatable bonds is 4. The average Bonchev–Trinajstić information content (AvgIpc) is 3.00. The van der Waals surface area contributed by atoms with Crippen LogP contribution in [0.2, 0.25) is 10.0 Å². The molecule has 1 unspecified atom stereocenters. The van der Waals surface area contributed by atoms with E-state index in [1.54, 1.807) is 0 Å². The first-order valence-corrected chi connectivity index (χ1v) is 8.01. The van der Waals surface area contributed by atoms with Crippen molar-refractivity contribution in [2.45, 2.75) is 11.8 Å². The second-order valence-corrected chi connectivity index (χ2v) is 6.39. The van der Waals surface area contributed by atoms with E-state index in [2.05, 4.69) is 10.6 Å². The van der Waals surface area contributed by atoms with Crippen molar-refractivity contribution < 1.29 is 9.18 Å². The molecule has 1 saturated heterocycles. The highest BCUT2D eigenvalue weighted by atomic mass is 35.5. The maximum atomic E-state index is 14.0. The van der Waals surface area contributed by atoms with Crippen LogP contribution >= 0.6 is 23.2 Å². The smallest absolute Gasteiger partial charge is 0.211 e. The van der Waals surface area contributed by atoms with Crippen molar-refractivity contribution in [1.29, 1.82) is 0 Å². The van der Waals surface area contributed by atoms with E-state index >= 15 is 0 Å². The van der Waals surface area contributed by atoms with Crippen LogP contribution in [0.5, 0.6) is 0 Å². The fourth-order valence-electron chi connectivity index (χ4n) is 3.15. The number of carbonyl (C=O) groups excluding carboxylic acids is 1. The Labute approximate surface area is 143 Å². The monoisotopic (exact) mass is 352 g/mol. The Morgan fingerprint density at radius 3 is 2.70 bits per heavy atom. The molecule has 1 fully saturated rings. The molecule has 1 heterocycles. The molecule has 3 nitrogen and oxygen atoms in total. The number of hydrogen-bond donors (Lipinski definition) is 2. The molecule has 1 aliphatic heterocycles. The van der Waals surface area contributed by atoms with Gasteiger partial charge in [0.15, 0.2) is 0 Å². The molecule has 0 saturated carbocycles. The summed E-state index contributed by atoms with van der Waals surface area (Å²) in [4.78, 5) is 10.9. The zero-order valence-corrected chi connectivity index (χ0v) is 13.7. The second-order valence-electron chi connectivity index (χ2n) is 5.54. The highest BCUT2D eigenvalue weighted by Gasteiger charge is 2.32. The van der Waals surface area contributed by atoms with Gasteiger partial charge in [-0.05, 0) is 35.4 Å². The van der Waals surface area contributed by atoms with Gasteiger partial charge in [-0.3, -0.25) is 4.79 Å². The van der Waals surface area contributed by atoms with Crippen LogP contribution in [0.15, 0.2) is 36.4 Å². The molecule has 2 atom stereocenters. The molecule has 2 N–H and O–H groups in total. The lowest BCUT2D eigenvalue weighted by Crippen LogP contribution is -2.12. The van der Waals surface area contributed by atoms with Crippen LogP contribution < -0.4 is 10.6 Å². The van der Waals surface area contributed by atoms with Crippen molar-refractivity contribution >= 4 is 35.3 Å². The number of hydrogen-bond acceptors (Lipinski definition) is 2. The molecule has 2 aromatic rings.